The quantitative estimate of drug-likeness (QED) is 0.811. The van der Waals surface area contributed by atoms with Crippen LogP contribution in [-0.2, 0) is 9.84 Å². The maximum atomic E-state index is 12.4. The molecule has 1 N–H and O–H groups in total. The van der Waals surface area contributed by atoms with Gasteiger partial charge in [0.15, 0.2) is 9.84 Å². The lowest BCUT2D eigenvalue weighted by molar-refractivity contribution is 0.282. The summed E-state index contributed by atoms with van der Waals surface area (Å²) < 4.78 is 24.1. The second-order valence-electron chi connectivity index (χ2n) is 8.66. The minimum absolute atomic E-state index is 0.0970. The highest BCUT2D eigenvalue weighted by Gasteiger charge is 2.32. The molecular weight excluding hydrogens is 282 g/mol. The van der Waals surface area contributed by atoms with Crippen LogP contribution in [0.5, 0.6) is 0 Å². The van der Waals surface area contributed by atoms with E-state index in [4.69, 9.17) is 0 Å². The highest BCUT2D eigenvalue weighted by molar-refractivity contribution is 7.92. The van der Waals surface area contributed by atoms with Crippen molar-refractivity contribution in [3.8, 4) is 0 Å². The monoisotopic (exact) mass is 317 g/mol. The fourth-order valence-electron chi connectivity index (χ4n) is 2.98. The Kier molecular flexibility index (Phi) is 6.31. The van der Waals surface area contributed by atoms with Gasteiger partial charge in [-0.15, -0.1) is 0 Å². The first-order valence-corrected chi connectivity index (χ1v) is 10.0. The molecule has 21 heavy (non-hydrogen) atoms. The first kappa shape index (κ1) is 19.0. The third-order valence-electron chi connectivity index (χ3n) is 4.65. The molecule has 1 rings (SSSR count). The van der Waals surface area contributed by atoms with Gasteiger partial charge in [0.2, 0.25) is 0 Å². The smallest absolute Gasteiger partial charge is 0.155 e. The largest absolute Gasteiger partial charge is 0.312 e. The molecular formula is C17H35NO2S. The zero-order valence-electron chi connectivity index (χ0n) is 14.8. The second kappa shape index (κ2) is 6.99. The first-order valence-electron chi connectivity index (χ1n) is 8.40. The van der Waals surface area contributed by atoms with E-state index >= 15 is 0 Å². The summed E-state index contributed by atoms with van der Waals surface area (Å²) >= 11 is 0. The van der Waals surface area contributed by atoms with Crippen LogP contribution in [0.2, 0.25) is 0 Å². The van der Waals surface area contributed by atoms with Crippen molar-refractivity contribution in [3.63, 3.8) is 0 Å². The fraction of sp³-hybridized carbons (Fsp3) is 1.00. The van der Waals surface area contributed by atoms with Gasteiger partial charge < -0.3 is 5.32 Å². The third-order valence-corrected chi connectivity index (χ3v) is 7.29. The molecule has 0 radical (unpaired) electrons. The van der Waals surface area contributed by atoms with E-state index < -0.39 is 14.6 Å². The summed E-state index contributed by atoms with van der Waals surface area (Å²) in [4.78, 5) is 0. The van der Waals surface area contributed by atoms with Crippen LogP contribution in [0.3, 0.4) is 0 Å². The molecule has 0 bridgehead atoms. The molecule has 0 aromatic heterocycles. The number of rotatable bonds is 6. The molecule has 4 heteroatoms. The summed E-state index contributed by atoms with van der Waals surface area (Å²) in [6.07, 6.45) is 5.96. The van der Waals surface area contributed by atoms with Crippen molar-refractivity contribution >= 4 is 9.84 Å². The molecule has 0 spiro atoms. The number of nitrogens with one attached hydrogen (secondary N) is 1. The zero-order chi connectivity index (χ0) is 16.3. The highest BCUT2D eigenvalue weighted by atomic mass is 32.2. The molecule has 1 atom stereocenters. The van der Waals surface area contributed by atoms with Gasteiger partial charge in [-0.1, -0.05) is 25.7 Å². The molecule has 3 nitrogen and oxygen atoms in total. The molecule has 1 aliphatic carbocycles. The van der Waals surface area contributed by atoms with E-state index in [-0.39, 0.29) is 5.54 Å². The molecule has 1 aliphatic rings. The number of hydrogen-bond donors (Lipinski definition) is 1. The maximum Gasteiger partial charge on any atom is 0.155 e. The van der Waals surface area contributed by atoms with Crippen LogP contribution < -0.4 is 5.32 Å². The van der Waals surface area contributed by atoms with Crippen LogP contribution in [0.25, 0.3) is 0 Å². The lowest BCUT2D eigenvalue weighted by Crippen LogP contribution is -2.41. The molecule has 0 heterocycles. The van der Waals surface area contributed by atoms with Crippen molar-refractivity contribution in [3.05, 3.63) is 0 Å². The van der Waals surface area contributed by atoms with Gasteiger partial charge in [-0.25, -0.2) is 8.42 Å². The lowest BCUT2D eigenvalue weighted by atomic mass is 9.88. The van der Waals surface area contributed by atoms with E-state index in [2.05, 4.69) is 26.1 Å². The predicted octanol–water partition coefficient (Wildman–Crippen LogP) is 3.78. The van der Waals surface area contributed by atoms with Crippen LogP contribution in [0.15, 0.2) is 0 Å². The molecule has 0 aromatic rings. The van der Waals surface area contributed by atoms with E-state index in [0.29, 0.717) is 17.6 Å². The summed E-state index contributed by atoms with van der Waals surface area (Å²) in [5.41, 5.74) is 0.0970. The third kappa shape index (κ3) is 6.27. The summed E-state index contributed by atoms with van der Waals surface area (Å²) in [7, 11) is -3.00. The van der Waals surface area contributed by atoms with Gasteiger partial charge >= 0.3 is 0 Å². The van der Waals surface area contributed by atoms with Crippen LogP contribution in [0.4, 0.5) is 0 Å². The van der Waals surface area contributed by atoms with Gasteiger partial charge in [-0.2, -0.15) is 0 Å². The molecule has 1 saturated carbocycles. The van der Waals surface area contributed by atoms with E-state index in [1.54, 1.807) is 20.8 Å². The summed E-state index contributed by atoms with van der Waals surface area (Å²) in [6, 6.07) is 0. The highest BCUT2D eigenvalue weighted by Crippen LogP contribution is 2.34. The van der Waals surface area contributed by atoms with Crippen LogP contribution in [0, 0.1) is 11.8 Å². The second-order valence-corrected chi connectivity index (χ2v) is 11.5. The summed E-state index contributed by atoms with van der Waals surface area (Å²) in [5.74, 6) is 1.52. The van der Waals surface area contributed by atoms with Gasteiger partial charge in [0.1, 0.15) is 0 Å². The Labute approximate surface area is 132 Å². The minimum Gasteiger partial charge on any atom is -0.312 e. The molecule has 1 fully saturated rings. The Morgan fingerprint density at radius 2 is 1.57 bits per heavy atom. The Balaban J connectivity index is 2.65. The summed E-state index contributed by atoms with van der Waals surface area (Å²) in [5, 5.41) is 3.58. The Bertz CT molecular complexity index is 409. The summed E-state index contributed by atoms with van der Waals surface area (Å²) in [6.45, 7) is 12.9. The van der Waals surface area contributed by atoms with Crippen molar-refractivity contribution in [1.82, 2.24) is 5.32 Å². The van der Waals surface area contributed by atoms with Crippen molar-refractivity contribution in [1.29, 1.82) is 0 Å². The predicted molar refractivity (Wildman–Crippen MR) is 91.4 cm³/mol. The van der Waals surface area contributed by atoms with Crippen LogP contribution in [0.1, 0.15) is 73.6 Å². The van der Waals surface area contributed by atoms with E-state index in [0.717, 1.165) is 13.0 Å². The average molecular weight is 318 g/mol. The average Bonchev–Trinajstić information content (AvgIpc) is 2.79. The van der Waals surface area contributed by atoms with E-state index in [1.807, 2.05) is 0 Å². The molecule has 0 amide bonds. The van der Waals surface area contributed by atoms with Gasteiger partial charge in [0.25, 0.3) is 0 Å². The molecule has 0 aromatic carbocycles. The van der Waals surface area contributed by atoms with Gasteiger partial charge in [0.05, 0.1) is 10.5 Å². The molecule has 126 valence electrons. The van der Waals surface area contributed by atoms with Gasteiger partial charge in [-0.05, 0) is 66.3 Å². The molecule has 0 aliphatic heterocycles. The SMILES string of the molecule is CC(C)(C)NCC(CCS(=O)(=O)C(C)(C)C)C1CCCC1. The Morgan fingerprint density at radius 3 is 2.00 bits per heavy atom. The fourth-order valence-corrected chi connectivity index (χ4v) is 4.21. The van der Waals surface area contributed by atoms with Crippen molar-refractivity contribution < 1.29 is 8.42 Å². The van der Waals surface area contributed by atoms with Crippen molar-refractivity contribution in [2.75, 3.05) is 12.3 Å². The minimum atomic E-state index is -3.00. The number of hydrogen-bond acceptors (Lipinski definition) is 3. The zero-order valence-corrected chi connectivity index (χ0v) is 15.6. The lowest BCUT2D eigenvalue weighted by Gasteiger charge is -2.30. The Hall–Kier alpha value is -0.0900. The van der Waals surface area contributed by atoms with Gasteiger partial charge in [-0.3, -0.25) is 0 Å². The van der Waals surface area contributed by atoms with Crippen LogP contribution >= 0.6 is 0 Å². The van der Waals surface area contributed by atoms with E-state index in [1.165, 1.54) is 25.7 Å². The van der Waals surface area contributed by atoms with E-state index in [9.17, 15) is 8.42 Å². The number of sulfone groups is 1. The van der Waals surface area contributed by atoms with Crippen LogP contribution in [-0.4, -0.2) is 31.0 Å². The molecule has 1 unspecified atom stereocenters. The van der Waals surface area contributed by atoms with Gasteiger partial charge in [0, 0.05) is 5.54 Å². The Morgan fingerprint density at radius 1 is 1.05 bits per heavy atom. The standard InChI is InChI=1S/C17H35NO2S/c1-16(2,3)18-13-15(14-9-7-8-10-14)11-12-21(19,20)17(4,5)6/h14-15,18H,7-13H2,1-6H3. The topological polar surface area (TPSA) is 46.2 Å². The normalized spacial score (nSPS) is 19.9. The first-order chi connectivity index (χ1) is 9.42. The van der Waals surface area contributed by atoms with Crippen molar-refractivity contribution in [2.45, 2.75) is 83.9 Å². The molecule has 0 saturated heterocycles. The van der Waals surface area contributed by atoms with Crippen molar-refractivity contribution in [2.24, 2.45) is 11.8 Å². The maximum absolute atomic E-state index is 12.4.